The predicted molar refractivity (Wildman–Crippen MR) is 103 cm³/mol. The average molecular weight is 360 g/mol. The Bertz CT molecular complexity index is 622. The normalized spacial score (nSPS) is 20.7. The SMILES string of the molecule is CCOc1cccc(C2CCC3(CC2)CN(C(=O)[C@H](CC)CO)C3)c1C. The summed E-state index contributed by atoms with van der Waals surface area (Å²) in [5.41, 5.74) is 3.05. The van der Waals surface area contributed by atoms with Crippen LogP contribution in [0.2, 0.25) is 0 Å². The van der Waals surface area contributed by atoms with Gasteiger partial charge in [-0.25, -0.2) is 0 Å². The summed E-state index contributed by atoms with van der Waals surface area (Å²) in [6.07, 6.45) is 5.48. The molecule has 2 aliphatic rings. The van der Waals surface area contributed by atoms with Crippen molar-refractivity contribution < 1.29 is 14.6 Å². The molecular weight excluding hydrogens is 326 g/mol. The van der Waals surface area contributed by atoms with Crippen molar-refractivity contribution in [2.75, 3.05) is 26.3 Å². The molecule has 1 saturated carbocycles. The summed E-state index contributed by atoms with van der Waals surface area (Å²) in [6, 6.07) is 6.43. The Morgan fingerprint density at radius 3 is 2.58 bits per heavy atom. The van der Waals surface area contributed by atoms with Gasteiger partial charge in [-0.15, -0.1) is 0 Å². The van der Waals surface area contributed by atoms with Crippen molar-refractivity contribution in [3.8, 4) is 5.75 Å². The number of likely N-dealkylation sites (tertiary alicyclic amines) is 1. The van der Waals surface area contributed by atoms with E-state index in [4.69, 9.17) is 4.74 Å². The molecule has 26 heavy (non-hydrogen) atoms. The standard InChI is InChI=1S/C22H33NO3/c1-4-17(13-24)21(25)23-14-22(15-23)11-9-18(10-12-22)19-7-6-8-20(16(19)3)26-5-2/h6-8,17-18,24H,4-5,9-15H2,1-3H3/t17-/m1/s1. The summed E-state index contributed by atoms with van der Waals surface area (Å²) in [5.74, 6) is 1.54. The molecule has 4 nitrogen and oxygen atoms in total. The molecule has 3 rings (SSSR count). The van der Waals surface area contributed by atoms with Gasteiger partial charge in [0.1, 0.15) is 5.75 Å². The zero-order chi connectivity index (χ0) is 18.7. The van der Waals surface area contributed by atoms with Gasteiger partial charge in [0.15, 0.2) is 0 Å². The van der Waals surface area contributed by atoms with Crippen LogP contribution in [0.1, 0.15) is 63.0 Å². The molecule has 1 heterocycles. The fraction of sp³-hybridized carbons (Fsp3) is 0.682. The van der Waals surface area contributed by atoms with Gasteiger partial charge in [-0.05, 0) is 69.1 Å². The second-order valence-electron chi connectivity index (χ2n) is 8.16. The highest BCUT2D eigenvalue weighted by Gasteiger charge is 2.47. The van der Waals surface area contributed by atoms with Crippen molar-refractivity contribution in [2.45, 2.75) is 58.8 Å². The first-order chi connectivity index (χ1) is 12.5. The van der Waals surface area contributed by atoms with Crippen LogP contribution in [0.15, 0.2) is 18.2 Å². The molecule has 1 aliphatic heterocycles. The summed E-state index contributed by atoms with van der Waals surface area (Å²) < 4.78 is 5.76. The molecule has 1 spiro atoms. The summed E-state index contributed by atoms with van der Waals surface area (Å²) in [7, 11) is 0. The highest BCUT2D eigenvalue weighted by molar-refractivity contribution is 5.80. The van der Waals surface area contributed by atoms with Gasteiger partial charge in [-0.3, -0.25) is 4.79 Å². The van der Waals surface area contributed by atoms with E-state index in [1.165, 1.54) is 36.8 Å². The lowest BCUT2D eigenvalue weighted by Gasteiger charge is -2.54. The largest absolute Gasteiger partial charge is 0.494 e. The Morgan fingerprint density at radius 1 is 1.31 bits per heavy atom. The molecule has 1 N–H and O–H groups in total. The second-order valence-corrected chi connectivity index (χ2v) is 8.16. The number of aliphatic hydroxyl groups is 1. The fourth-order valence-corrected chi connectivity index (χ4v) is 4.80. The Morgan fingerprint density at radius 2 is 2.00 bits per heavy atom. The summed E-state index contributed by atoms with van der Waals surface area (Å²) in [4.78, 5) is 14.4. The molecule has 1 amide bonds. The van der Waals surface area contributed by atoms with Crippen LogP contribution in [-0.2, 0) is 4.79 Å². The van der Waals surface area contributed by atoms with Gasteiger partial charge < -0.3 is 14.7 Å². The molecule has 4 heteroatoms. The molecule has 0 bridgehead atoms. The topological polar surface area (TPSA) is 49.8 Å². The zero-order valence-corrected chi connectivity index (χ0v) is 16.5. The van der Waals surface area contributed by atoms with Gasteiger partial charge >= 0.3 is 0 Å². The molecule has 1 atom stereocenters. The highest BCUT2D eigenvalue weighted by atomic mass is 16.5. The molecular formula is C22H33NO3. The average Bonchev–Trinajstić information content (AvgIpc) is 2.63. The predicted octanol–water partition coefficient (Wildman–Crippen LogP) is 3.90. The maximum absolute atomic E-state index is 12.4. The van der Waals surface area contributed by atoms with Crippen LogP contribution in [0.25, 0.3) is 0 Å². The van der Waals surface area contributed by atoms with Crippen molar-refractivity contribution in [3.05, 3.63) is 29.3 Å². The van der Waals surface area contributed by atoms with Gasteiger partial charge in [-0.1, -0.05) is 19.1 Å². The Hall–Kier alpha value is -1.55. The van der Waals surface area contributed by atoms with Crippen LogP contribution < -0.4 is 4.74 Å². The van der Waals surface area contributed by atoms with E-state index in [2.05, 4.69) is 25.1 Å². The molecule has 2 fully saturated rings. The lowest BCUT2D eigenvalue weighted by Crippen LogP contribution is -2.60. The number of hydrogen-bond donors (Lipinski definition) is 1. The molecule has 0 radical (unpaired) electrons. The van der Waals surface area contributed by atoms with E-state index in [-0.39, 0.29) is 18.4 Å². The van der Waals surface area contributed by atoms with Gasteiger partial charge in [-0.2, -0.15) is 0 Å². The van der Waals surface area contributed by atoms with Gasteiger partial charge in [0.25, 0.3) is 0 Å². The number of carbonyl (C=O) groups is 1. The third-order valence-electron chi connectivity index (χ3n) is 6.54. The van der Waals surface area contributed by atoms with Crippen molar-refractivity contribution in [3.63, 3.8) is 0 Å². The number of ether oxygens (including phenoxy) is 1. The first-order valence-corrected chi connectivity index (χ1v) is 10.2. The molecule has 1 aromatic rings. The summed E-state index contributed by atoms with van der Waals surface area (Å²) in [6.45, 7) is 8.61. The molecule has 1 aliphatic carbocycles. The Labute approximate surface area is 157 Å². The third kappa shape index (κ3) is 3.62. The van der Waals surface area contributed by atoms with Gasteiger partial charge in [0, 0.05) is 18.5 Å². The van der Waals surface area contributed by atoms with E-state index in [9.17, 15) is 9.90 Å². The van der Waals surface area contributed by atoms with Crippen LogP contribution in [0.3, 0.4) is 0 Å². The van der Waals surface area contributed by atoms with Gasteiger partial charge in [0.2, 0.25) is 5.91 Å². The fourth-order valence-electron chi connectivity index (χ4n) is 4.80. The minimum Gasteiger partial charge on any atom is -0.494 e. The molecule has 1 aromatic carbocycles. The van der Waals surface area contributed by atoms with Crippen molar-refractivity contribution in [2.24, 2.45) is 11.3 Å². The quantitative estimate of drug-likeness (QED) is 0.838. The van der Waals surface area contributed by atoms with E-state index in [1.807, 2.05) is 18.7 Å². The lowest BCUT2D eigenvalue weighted by molar-refractivity contribution is -0.151. The smallest absolute Gasteiger partial charge is 0.228 e. The van der Waals surface area contributed by atoms with Crippen LogP contribution in [-0.4, -0.2) is 42.2 Å². The number of rotatable bonds is 6. The molecule has 1 saturated heterocycles. The van der Waals surface area contributed by atoms with E-state index in [1.54, 1.807) is 0 Å². The van der Waals surface area contributed by atoms with E-state index < -0.39 is 0 Å². The number of benzene rings is 1. The third-order valence-corrected chi connectivity index (χ3v) is 6.54. The minimum absolute atomic E-state index is 0.0314. The Balaban J connectivity index is 1.58. The van der Waals surface area contributed by atoms with Crippen LogP contribution in [0.5, 0.6) is 5.75 Å². The van der Waals surface area contributed by atoms with Crippen LogP contribution in [0.4, 0.5) is 0 Å². The van der Waals surface area contributed by atoms with Gasteiger partial charge in [0.05, 0.1) is 19.1 Å². The first-order valence-electron chi connectivity index (χ1n) is 10.2. The maximum Gasteiger partial charge on any atom is 0.228 e. The van der Waals surface area contributed by atoms with Crippen LogP contribution >= 0.6 is 0 Å². The number of amides is 1. The van der Waals surface area contributed by atoms with Crippen LogP contribution in [0, 0.1) is 18.3 Å². The Kier molecular flexibility index (Phi) is 5.91. The number of hydrogen-bond acceptors (Lipinski definition) is 3. The molecule has 0 aromatic heterocycles. The van der Waals surface area contributed by atoms with E-state index in [0.717, 1.165) is 25.3 Å². The summed E-state index contributed by atoms with van der Waals surface area (Å²) in [5, 5.41) is 9.36. The van der Waals surface area contributed by atoms with Crippen molar-refractivity contribution in [1.29, 1.82) is 0 Å². The number of aliphatic hydroxyl groups excluding tert-OH is 1. The second kappa shape index (κ2) is 7.99. The molecule has 144 valence electrons. The van der Waals surface area contributed by atoms with E-state index in [0.29, 0.717) is 17.9 Å². The monoisotopic (exact) mass is 359 g/mol. The number of carbonyl (C=O) groups excluding carboxylic acids is 1. The van der Waals surface area contributed by atoms with E-state index >= 15 is 0 Å². The summed E-state index contributed by atoms with van der Waals surface area (Å²) >= 11 is 0. The first kappa shape index (κ1) is 19.2. The van der Waals surface area contributed by atoms with Crippen molar-refractivity contribution >= 4 is 5.91 Å². The van der Waals surface area contributed by atoms with Crippen molar-refractivity contribution in [1.82, 2.24) is 4.90 Å². The highest BCUT2D eigenvalue weighted by Crippen LogP contribution is 2.49. The number of nitrogens with zero attached hydrogens (tertiary/aromatic N) is 1. The maximum atomic E-state index is 12.4. The molecule has 0 unspecified atom stereocenters. The zero-order valence-electron chi connectivity index (χ0n) is 16.5. The minimum atomic E-state index is -0.215. The lowest BCUT2D eigenvalue weighted by atomic mass is 9.64.